The number of hydrogen-bond acceptors (Lipinski definition) is 3. The third-order valence-electron chi connectivity index (χ3n) is 7.03. The lowest BCUT2D eigenvalue weighted by Gasteiger charge is -2.35. The first-order valence-electron chi connectivity index (χ1n) is 10.1. The van der Waals surface area contributed by atoms with Crippen LogP contribution in [0, 0.1) is 18.3 Å². The van der Waals surface area contributed by atoms with Crippen molar-refractivity contribution >= 4 is 0 Å². The molecular weight excluding hydrogens is 332 g/mol. The number of allylic oxidation sites excluding steroid dienone is 1. The summed E-state index contributed by atoms with van der Waals surface area (Å²) >= 11 is 0. The molecule has 2 heterocycles. The Kier molecular flexibility index (Phi) is 4.49. The number of nitrogens with zero attached hydrogens (tertiary/aromatic N) is 1. The highest BCUT2D eigenvalue weighted by atomic mass is 16.3. The van der Waals surface area contributed by atoms with Crippen LogP contribution in [0.25, 0.3) is 0 Å². The molecule has 2 aliphatic rings. The molecule has 4 rings (SSSR count). The molecule has 0 bridgehead atoms. The van der Waals surface area contributed by atoms with Crippen molar-refractivity contribution in [1.82, 2.24) is 10.3 Å². The maximum Gasteiger partial charge on any atom is 0.115 e. The molecule has 3 heteroatoms. The fourth-order valence-electron chi connectivity index (χ4n) is 5.49. The van der Waals surface area contributed by atoms with Gasteiger partial charge in [-0.3, -0.25) is 4.98 Å². The number of hydrogen-bond donors (Lipinski definition) is 2. The second kappa shape index (κ2) is 6.70. The predicted octanol–water partition coefficient (Wildman–Crippen LogP) is 5.27. The van der Waals surface area contributed by atoms with Gasteiger partial charge in [-0.25, -0.2) is 0 Å². The van der Waals surface area contributed by atoms with E-state index in [9.17, 15) is 5.11 Å². The molecule has 2 N–H and O–H groups in total. The van der Waals surface area contributed by atoms with Crippen molar-refractivity contribution in [2.45, 2.75) is 57.9 Å². The van der Waals surface area contributed by atoms with E-state index in [1.165, 1.54) is 22.5 Å². The predicted molar refractivity (Wildman–Crippen MR) is 110 cm³/mol. The van der Waals surface area contributed by atoms with Crippen LogP contribution in [0.5, 0.6) is 5.75 Å². The first-order valence-corrected chi connectivity index (χ1v) is 10.1. The van der Waals surface area contributed by atoms with Gasteiger partial charge in [0, 0.05) is 35.0 Å². The van der Waals surface area contributed by atoms with Crippen molar-refractivity contribution in [3.05, 3.63) is 71.7 Å². The van der Waals surface area contributed by atoms with Crippen LogP contribution in [0.1, 0.15) is 61.8 Å². The lowest BCUT2D eigenvalue weighted by atomic mass is 9.67. The number of aromatic nitrogens is 1. The standard InChI is InChI=1S/C24H30N2O/c1-15-5-10-22(25-14-15)21-13-19(18-6-8-20(27)9-7-18)11-12-24(4)17(3)26-16(2)23(21)24/h5-10,14,16,19,21,23,26-27H,3,11-13H2,1-2,4H3. The lowest BCUT2D eigenvalue weighted by molar-refractivity contribution is 0.214. The van der Waals surface area contributed by atoms with E-state index in [-0.39, 0.29) is 5.41 Å². The minimum Gasteiger partial charge on any atom is -0.508 e. The molecular formula is C24H30N2O. The molecule has 5 unspecified atom stereocenters. The van der Waals surface area contributed by atoms with Crippen LogP contribution in [0.3, 0.4) is 0 Å². The Bertz CT molecular complexity index is 826. The topological polar surface area (TPSA) is 45.2 Å². The first-order chi connectivity index (χ1) is 12.9. The van der Waals surface area contributed by atoms with Crippen LogP contribution >= 0.6 is 0 Å². The molecule has 0 radical (unpaired) electrons. The maximum atomic E-state index is 9.68. The molecule has 1 aromatic heterocycles. The summed E-state index contributed by atoms with van der Waals surface area (Å²) < 4.78 is 0. The van der Waals surface area contributed by atoms with Gasteiger partial charge in [0.2, 0.25) is 0 Å². The zero-order chi connectivity index (χ0) is 19.2. The number of rotatable bonds is 2. The number of pyridine rings is 1. The number of nitrogens with one attached hydrogen (secondary N) is 1. The van der Waals surface area contributed by atoms with Crippen LogP contribution in [0.2, 0.25) is 0 Å². The summed E-state index contributed by atoms with van der Waals surface area (Å²) in [7, 11) is 0. The number of aromatic hydroxyl groups is 1. The Morgan fingerprint density at radius 3 is 2.59 bits per heavy atom. The fraction of sp³-hybridized carbons (Fsp3) is 0.458. The monoisotopic (exact) mass is 362 g/mol. The minimum absolute atomic E-state index is 0.0856. The highest BCUT2D eigenvalue weighted by Crippen LogP contribution is 2.57. The van der Waals surface area contributed by atoms with Crippen molar-refractivity contribution in [1.29, 1.82) is 0 Å². The molecule has 5 atom stereocenters. The molecule has 1 saturated carbocycles. The van der Waals surface area contributed by atoms with E-state index < -0.39 is 0 Å². The quantitative estimate of drug-likeness (QED) is 0.764. The summed E-state index contributed by atoms with van der Waals surface area (Å²) in [6.45, 7) is 11.2. The molecule has 27 heavy (non-hydrogen) atoms. The first kappa shape index (κ1) is 18.1. The van der Waals surface area contributed by atoms with E-state index in [2.05, 4.69) is 56.9 Å². The molecule has 1 aliphatic carbocycles. The van der Waals surface area contributed by atoms with Crippen molar-refractivity contribution in [3.63, 3.8) is 0 Å². The largest absolute Gasteiger partial charge is 0.508 e. The second-order valence-electron chi connectivity index (χ2n) is 8.78. The summed E-state index contributed by atoms with van der Waals surface area (Å²) in [5, 5.41) is 13.3. The summed E-state index contributed by atoms with van der Waals surface area (Å²) in [6.07, 6.45) is 5.34. The third kappa shape index (κ3) is 3.13. The van der Waals surface area contributed by atoms with Gasteiger partial charge in [-0.1, -0.05) is 31.7 Å². The van der Waals surface area contributed by atoms with Crippen molar-refractivity contribution in [3.8, 4) is 5.75 Å². The Morgan fingerprint density at radius 1 is 1.19 bits per heavy atom. The highest BCUT2D eigenvalue weighted by molar-refractivity contribution is 5.32. The molecule has 1 saturated heterocycles. The highest BCUT2D eigenvalue weighted by Gasteiger charge is 2.52. The lowest BCUT2D eigenvalue weighted by Crippen LogP contribution is -2.33. The van der Waals surface area contributed by atoms with E-state index in [0.29, 0.717) is 29.5 Å². The van der Waals surface area contributed by atoms with Crippen molar-refractivity contribution in [2.75, 3.05) is 0 Å². The molecule has 1 aliphatic heterocycles. The van der Waals surface area contributed by atoms with Crippen LogP contribution in [-0.4, -0.2) is 16.1 Å². The third-order valence-corrected chi connectivity index (χ3v) is 7.03. The van der Waals surface area contributed by atoms with E-state index in [1.807, 2.05) is 18.3 Å². The minimum atomic E-state index is 0.0856. The molecule has 2 aromatic rings. The van der Waals surface area contributed by atoms with Crippen LogP contribution in [0.15, 0.2) is 54.9 Å². The van der Waals surface area contributed by atoms with Crippen molar-refractivity contribution < 1.29 is 5.11 Å². The molecule has 142 valence electrons. The summed E-state index contributed by atoms with van der Waals surface area (Å²) in [6, 6.07) is 12.6. The fourth-order valence-corrected chi connectivity index (χ4v) is 5.49. The molecule has 0 spiro atoms. The zero-order valence-electron chi connectivity index (χ0n) is 16.6. The molecule has 2 fully saturated rings. The van der Waals surface area contributed by atoms with Gasteiger partial charge in [0.25, 0.3) is 0 Å². The van der Waals surface area contributed by atoms with E-state index >= 15 is 0 Å². The average Bonchev–Trinajstić information content (AvgIpc) is 2.78. The summed E-state index contributed by atoms with van der Waals surface area (Å²) in [4.78, 5) is 4.84. The summed E-state index contributed by atoms with van der Waals surface area (Å²) in [5.41, 5.74) is 4.99. The maximum absolute atomic E-state index is 9.68. The normalized spacial score (nSPS) is 33.2. The van der Waals surface area contributed by atoms with Gasteiger partial charge in [0.05, 0.1) is 0 Å². The number of fused-ring (bicyclic) bond motifs is 1. The SMILES string of the molecule is C=C1NC(C)C2C(c3ccc(C)cn3)CC(c3ccc(O)cc3)CCC12C. The van der Waals surface area contributed by atoms with Gasteiger partial charge < -0.3 is 10.4 Å². The average molecular weight is 363 g/mol. The molecule has 0 amide bonds. The van der Waals surface area contributed by atoms with Crippen LogP contribution < -0.4 is 5.32 Å². The van der Waals surface area contributed by atoms with E-state index in [4.69, 9.17) is 4.98 Å². The van der Waals surface area contributed by atoms with Crippen LogP contribution in [-0.2, 0) is 0 Å². The van der Waals surface area contributed by atoms with Gasteiger partial charge in [-0.05, 0) is 74.3 Å². The number of benzene rings is 1. The smallest absolute Gasteiger partial charge is 0.115 e. The number of aryl methyl sites for hydroxylation is 1. The van der Waals surface area contributed by atoms with E-state index in [0.717, 1.165) is 19.3 Å². The second-order valence-corrected chi connectivity index (χ2v) is 8.78. The Labute approximate surface area is 162 Å². The Hall–Kier alpha value is -2.29. The van der Waals surface area contributed by atoms with Gasteiger partial charge in [-0.2, -0.15) is 0 Å². The Balaban J connectivity index is 1.76. The number of phenols is 1. The van der Waals surface area contributed by atoms with E-state index in [1.54, 1.807) is 0 Å². The van der Waals surface area contributed by atoms with Gasteiger partial charge in [0.15, 0.2) is 0 Å². The zero-order valence-corrected chi connectivity index (χ0v) is 16.6. The van der Waals surface area contributed by atoms with Gasteiger partial charge >= 0.3 is 0 Å². The molecule has 3 nitrogen and oxygen atoms in total. The molecule has 1 aromatic carbocycles. The summed E-state index contributed by atoms with van der Waals surface area (Å²) in [5.74, 6) is 1.68. The van der Waals surface area contributed by atoms with Gasteiger partial charge in [-0.15, -0.1) is 0 Å². The number of phenolic OH excluding ortho intramolecular Hbond substituents is 1. The van der Waals surface area contributed by atoms with Gasteiger partial charge in [0.1, 0.15) is 5.75 Å². The van der Waals surface area contributed by atoms with Crippen LogP contribution in [0.4, 0.5) is 0 Å². The Morgan fingerprint density at radius 2 is 1.93 bits per heavy atom. The van der Waals surface area contributed by atoms with Crippen molar-refractivity contribution in [2.24, 2.45) is 11.3 Å².